The number of amides is 1. The fourth-order valence-electron chi connectivity index (χ4n) is 4.14. The zero-order valence-electron chi connectivity index (χ0n) is 21.9. The molecule has 1 amide bonds. The number of phosphoric ester groups is 1. The van der Waals surface area contributed by atoms with Gasteiger partial charge in [-0.1, -0.05) is 84.0 Å². The lowest BCUT2D eigenvalue weighted by Crippen LogP contribution is -2.37. The van der Waals surface area contributed by atoms with Crippen molar-refractivity contribution in [2.45, 2.75) is 109 Å². The molecule has 0 spiro atoms. The molecule has 0 aromatic carbocycles. The number of quaternary nitrogens is 1. The van der Waals surface area contributed by atoms with Gasteiger partial charge in [0.1, 0.15) is 13.2 Å². The zero-order valence-corrected chi connectivity index (χ0v) is 22.8. The van der Waals surface area contributed by atoms with E-state index in [1.807, 2.05) is 21.1 Å². The van der Waals surface area contributed by atoms with Crippen LogP contribution < -0.4 is 0 Å². The van der Waals surface area contributed by atoms with Gasteiger partial charge in [0.25, 0.3) is 0 Å². The first-order valence-electron chi connectivity index (χ1n) is 13.4. The highest BCUT2D eigenvalue weighted by Crippen LogP contribution is 2.45. The molecule has 0 radical (unpaired) electrons. The van der Waals surface area contributed by atoms with Crippen LogP contribution in [0.3, 0.4) is 0 Å². The molecule has 196 valence electrons. The normalized spacial score (nSPS) is 18.6. The Balaban J connectivity index is 2.02. The summed E-state index contributed by atoms with van der Waals surface area (Å²) in [5.41, 5.74) is 0. The molecule has 1 rings (SSSR count). The van der Waals surface area contributed by atoms with E-state index in [2.05, 4.69) is 6.92 Å². The van der Waals surface area contributed by atoms with Crippen LogP contribution in [0.4, 0.5) is 0 Å². The zero-order chi connectivity index (χ0) is 24.6. The predicted molar refractivity (Wildman–Crippen MR) is 135 cm³/mol. The molecule has 7 nitrogen and oxygen atoms in total. The highest BCUT2D eigenvalue weighted by atomic mass is 31.2. The van der Waals surface area contributed by atoms with Crippen molar-refractivity contribution in [3.05, 3.63) is 0 Å². The highest BCUT2D eigenvalue weighted by molar-refractivity contribution is 7.47. The molecular weight excluding hydrogens is 439 g/mol. The van der Waals surface area contributed by atoms with Crippen LogP contribution in [0.5, 0.6) is 0 Å². The van der Waals surface area contributed by atoms with Gasteiger partial charge in [-0.25, -0.2) is 4.57 Å². The molecule has 0 bridgehead atoms. The van der Waals surface area contributed by atoms with E-state index in [1.54, 1.807) is 4.90 Å². The van der Waals surface area contributed by atoms with Crippen molar-refractivity contribution in [1.82, 2.24) is 4.90 Å². The average molecular weight is 492 g/mol. The number of phosphoric acid groups is 1. The lowest BCUT2D eigenvalue weighted by molar-refractivity contribution is -0.870. The molecule has 0 aromatic heterocycles. The number of nitrogens with zero attached hydrogens (tertiary/aromatic N) is 2. The van der Waals surface area contributed by atoms with E-state index in [0.717, 1.165) is 12.8 Å². The minimum atomic E-state index is -4.08. The summed E-state index contributed by atoms with van der Waals surface area (Å²) in [6.07, 6.45) is 17.5. The summed E-state index contributed by atoms with van der Waals surface area (Å²) < 4.78 is 23.2. The molecule has 0 saturated carbocycles. The number of rotatable bonds is 20. The van der Waals surface area contributed by atoms with Crippen LogP contribution >= 0.6 is 7.82 Å². The summed E-state index contributed by atoms with van der Waals surface area (Å²) >= 11 is 0. The van der Waals surface area contributed by atoms with E-state index in [9.17, 15) is 14.3 Å². The van der Waals surface area contributed by atoms with Gasteiger partial charge in [-0.3, -0.25) is 13.8 Å². The van der Waals surface area contributed by atoms with Gasteiger partial charge in [-0.15, -0.1) is 0 Å². The number of likely N-dealkylation sites (tertiary alicyclic amines) is 1. The van der Waals surface area contributed by atoms with Gasteiger partial charge in [0.05, 0.1) is 27.2 Å². The number of carbonyl (C=O) groups excluding carboxylic acids is 1. The lowest BCUT2D eigenvalue weighted by Gasteiger charge is -2.24. The standard InChI is InChI=1S/C25H51N2O5P/c1-5-6-7-8-9-10-11-12-13-14-15-16-17-18-25(28)26-20-19-24(23-26)32-33(29,30)31-22-21-27(2,3)4/h24H,5-23H2,1-4H3/p+1/t24-/m1/s1. The molecular formula is C25H52N2O5P+. The van der Waals surface area contributed by atoms with Crippen molar-refractivity contribution in [1.29, 1.82) is 0 Å². The quantitative estimate of drug-likeness (QED) is 0.130. The maximum Gasteiger partial charge on any atom is 0.472 e. The number of carbonyl (C=O) groups is 1. The molecule has 1 N–H and O–H groups in total. The maximum absolute atomic E-state index is 12.4. The third-order valence-electron chi connectivity index (χ3n) is 6.29. The fraction of sp³-hybridized carbons (Fsp3) is 0.960. The van der Waals surface area contributed by atoms with E-state index in [-0.39, 0.29) is 12.5 Å². The molecule has 1 saturated heterocycles. The number of hydrogen-bond donors (Lipinski definition) is 1. The summed E-state index contributed by atoms with van der Waals surface area (Å²) in [5, 5.41) is 0. The van der Waals surface area contributed by atoms with E-state index >= 15 is 0 Å². The second kappa shape index (κ2) is 17.0. The van der Waals surface area contributed by atoms with Crippen molar-refractivity contribution in [3.8, 4) is 0 Å². The summed E-state index contributed by atoms with van der Waals surface area (Å²) in [7, 11) is 1.89. The first-order chi connectivity index (χ1) is 15.6. The summed E-state index contributed by atoms with van der Waals surface area (Å²) in [6.45, 7) is 3.99. The van der Waals surface area contributed by atoms with Crippen molar-refractivity contribution in [2.75, 3.05) is 47.4 Å². The van der Waals surface area contributed by atoms with Crippen LogP contribution in [-0.2, 0) is 18.4 Å². The van der Waals surface area contributed by atoms with E-state index < -0.39 is 13.9 Å². The van der Waals surface area contributed by atoms with Crippen LogP contribution in [0, 0.1) is 0 Å². The first-order valence-corrected chi connectivity index (χ1v) is 14.9. The van der Waals surface area contributed by atoms with Crippen LogP contribution in [0.25, 0.3) is 0 Å². The molecule has 0 aromatic rings. The van der Waals surface area contributed by atoms with Gasteiger partial charge in [0.2, 0.25) is 5.91 Å². The molecule has 0 aliphatic carbocycles. The summed E-state index contributed by atoms with van der Waals surface area (Å²) in [6, 6.07) is 0. The summed E-state index contributed by atoms with van der Waals surface area (Å²) in [5.74, 6) is 0.128. The molecule has 1 aliphatic heterocycles. The molecule has 1 aliphatic rings. The van der Waals surface area contributed by atoms with E-state index in [1.165, 1.54) is 70.6 Å². The van der Waals surface area contributed by atoms with Crippen molar-refractivity contribution >= 4 is 13.7 Å². The third-order valence-corrected chi connectivity index (χ3v) is 7.36. The van der Waals surface area contributed by atoms with E-state index in [4.69, 9.17) is 9.05 Å². The van der Waals surface area contributed by atoms with Gasteiger partial charge in [-0.05, 0) is 12.8 Å². The Hall–Kier alpha value is -0.460. The Morgan fingerprint density at radius 2 is 1.45 bits per heavy atom. The van der Waals surface area contributed by atoms with Gasteiger partial charge in [0, 0.05) is 19.5 Å². The number of unbranched alkanes of at least 4 members (excludes halogenated alkanes) is 12. The average Bonchev–Trinajstić information content (AvgIpc) is 3.18. The molecule has 2 atom stereocenters. The Morgan fingerprint density at radius 3 is 1.97 bits per heavy atom. The Labute approximate surface area is 203 Å². The predicted octanol–water partition coefficient (Wildman–Crippen LogP) is 5.91. The van der Waals surface area contributed by atoms with Gasteiger partial charge in [0.15, 0.2) is 0 Å². The SMILES string of the molecule is CCCCCCCCCCCCCCCC(=O)N1CC[C@@H](OP(=O)(O)OCC[N+](C)(C)C)C1. The second-order valence-corrected chi connectivity index (χ2v) is 12.1. The first kappa shape index (κ1) is 30.6. The van der Waals surface area contributed by atoms with Crippen LogP contribution in [0.1, 0.15) is 103 Å². The van der Waals surface area contributed by atoms with Gasteiger partial charge < -0.3 is 14.3 Å². The monoisotopic (exact) mass is 491 g/mol. The van der Waals surface area contributed by atoms with Crippen LogP contribution in [-0.4, -0.2) is 73.7 Å². The molecule has 1 unspecified atom stereocenters. The second-order valence-electron chi connectivity index (χ2n) is 10.7. The van der Waals surface area contributed by atoms with Crippen molar-refractivity contribution in [3.63, 3.8) is 0 Å². The van der Waals surface area contributed by atoms with E-state index in [0.29, 0.717) is 37.0 Å². The van der Waals surface area contributed by atoms with Gasteiger partial charge >= 0.3 is 7.82 Å². The minimum absolute atomic E-state index is 0.128. The maximum atomic E-state index is 12.4. The molecule has 1 fully saturated rings. The smallest absolute Gasteiger partial charge is 0.340 e. The topological polar surface area (TPSA) is 76.1 Å². The third kappa shape index (κ3) is 16.7. The lowest BCUT2D eigenvalue weighted by atomic mass is 10.0. The number of hydrogen-bond acceptors (Lipinski definition) is 4. The summed E-state index contributed by atoms with van der Waals surface area (Å²) in [4.78, 5) is 24.1. The molecule has 33 heavy (non-hydrogen) atoms. The van der Waals surface area contributed by atoms with Crippen molar-refractivity contribution < 1.29 is 27.8 Å². The molecule has 1 heterocycles. The van der Waals surface area contributed by atoms with Crippen LogP contribution in [0.2, 0.25) is 0 Å². The Morgan fingerprint density at radius 1 is 0.939 bits per heavy atom. The van der Waals surface area contributed by atoms with Gasteiger partial charge in [-0.2, -0.15) is 0 Å². The minimum Gasteiger partial charge on any atom is -0.340 e. The van der Waals surface area contributed by atoms with Crippen LogP contribution in [0.15, 0.2) is 0 Å². The Kier molecular flexibility index (Phi) is 15.8. The largest absolute Gasteiger partial charge is 0.472 e. The Bertz CT molecular complexity index is 567. The number of likely N-dealkylation sites (N-methyl/N-ethyl adjacent to an activating group) is 1. The highest BCUT2D eigenvalue weighted by Gasteiger charge is 2.33. The molecule has 8 heteroatoms. The van der Waals surface area contributed by atoms with Crippen molar-refractivity contribution in [2.24, 2.45) is 0 Å². The fourth-order valence-corrected chi connectivity index (χ4v) is 5.06.